The van der Waals surface area contributed by atoms with Crippen molar-refractivity contribution < 1.29 is 0 Å². The van der Waals surface area contributed by atoms with Crippen LogP contribution in [0.1, 0.15) is 32.1 Å². The van der Waals surface area contributed by atoms with Crippen LogP contribution in [-0.4, -0.2) is 25.8 Å². The Morgan fingerprint density at radius 2 is 1.96 bits per heavy atom. The molecule has 0 atom stereocenters. The number of rotatable bonds is 3. The Balaban J connectivity index is 1.75. The number of fused-ring (bicyclic) bond motifs is 1. The molecule has 0 amide bonds. The predicted molar refractivity (Wildman–Crippen MR) is 96.6 cm³/mol. The van der Waals surface area contributed by atoms with Gasteiger partial charge in [-0.3, -0.25) is 4.68 Å². The van der Waals surface area contributed by atoms with Gasteiger partial charge < -0.3 is 11.1 Å². The van der Waals surface area contributed by atoms with Crippen LogP contribution in [0.25, 0.3) is 22.0 Å². The van der Waals surface area contributed by atoms with E-state index >= 15 is 0 Å². The van der Waals surface area contributed by atoms with Crippen molar-refractivity contribution in [3.05, 3.63) is 30.6 Å². The smallest absolute Gasteiger partial charge is 0.222 e. The maximum atomic E-state index is 5.91. The molecule has 0 bridgehead atoms. The molecule has 3 aromatic rings. The molecule has 0 radical (unpaired) electrons. The molecule has 2 aromatic heterocycles. The number of nitrogen functional groups attached to an aromatic ring is 1. The molecule has 0 saturated heterocycles. The fourth-order valence-electron chi connectivity index (χ4n) is 3.45. The third-order valence-corrected chi connectivity index (χ3v) is 4.70. The van der Waals surface area contributed by atoms with Crippen molar-refractivity contribution in [2.45, 2.75) is 38.1 Å². The van der Waals surface area contributed by atoms with Crippen LogP contribution in [0.3, 0.4) is 0 Å². The highest BCUT2D eigenvalue weighted by Gasteiger charge is 2.16. The Morgan fingerprint density at radius 1 is 1.12 bits per heavy atom. The van der Waals surface area contributed by atoms with Crippen LogP contribution >= 0.6 is 0 Å². The Kier molecular flexibility index (Phi) is 3.80. The van der Waals surface area contributed by atoms with E-state index in [1.54, 1.807) is 4.68 Å². The molecule has 124 valence electrons. The average Bonchev–Trinajstić information content (AvgIpc) is 3.02. The van der Waals surface area contributed by atoms with Crippen LogP contribution in [0.4, 0.5) is 11.8 Å². The van der Waals surface area contributed by atoms with Gasteiger partial charge in [0, 0.05) is 30.2 Å². The minimum Gasteiger partial charge on any atom is -0.368 e. The first-order valence-corrected chi connectivity index (χ1v) is 8.52. The molecule has 1 aromatic carbocycles. The monoisotopic (exact) mass is 322 g/mol. The van der Waals surface area contributed by atoms with Gasteiger partial charge in [-0.05, 0) is 30.5 Å². The molecule has 4 rings (SSSR count). The maximum absolute atomic E-state index is 5.91. The van der Waals surface area contributed by atoms with E-state index in [2.05, 4.69) is 32.5 Å². The summed E-state index contributed by atoms with van der Waals surface area (Å²) in [4.78, 5) is 8.85. The maximum Gasteiger partial charge on any atom is 0.222 e. The van der Waals surface area contributed by atoms with E-state index in [0.717, 1.165) is 27.8 Å². The van der Waals surface area contributed by atoms with Crippen LogP contribution in [0, 0.1) is 0 Å². The lowest BCUT2D eigenvalue weighted by Crippen LogP contribution is -2.23. The molecule has 1 fully saturated rings. The first-order chi connectivity index (χ1) is 11.7. The Labute approximate surface area is 141 Å². The van der Waals surface area contributed by atoms with Gasteiger partial charge in [0.1, 0.15) is 5.82 Å². The van der Waals surface area contributed by atoms with Crippen LogP contribution < -0.4 is 11.1 Å². The summed E-state index contributed by atoms with van der Waals surface area (Å²) in [7, 11) is 1.92. The normalized spacial score (nSPS) is 15.7. The summed E-state index contributed by atoms with van der Waals surface area (Å²) in [6.07, 6.45) is 10.1. The Bertz CT molecular complexity index is 863. The van der Waals surface area contributed by atoms with Crippen molar-refractivity contribution in [3.63, 3.8) is 0 Å². The van der Waals surface area contributed by atoms with Gasteiger partial charge in [0.2, 0.25) is 5.95 Å². The lowest BCUT2D eigenvalue weighted by molar-refractivity contribution is 0.462. The van der Waals surface area contributed by atoms with Gasteiger partial charge in [-0.2, -0.15) is 10.1 Å². The van der Waals surface area contributed by atoms with Gasteiger partial charge in [0.05, 0.1) is 11.7 Å². The molecule has 3 N–H and O–H groups in total. The van der Waals surface area contributed by atoms with E-state index in [1.807, 2.05) is 25.5 Å². The summed E-state index contributed by atoms with van der Waals surface area (Å²) >= 11 is 0. The second-order valence-corrected chi connectivity index (χ2v) is 6.54. The second-order valence-electron chi connectivity index (χ2n) is 6.54. The quantitative estimate of drug-likeness (QED) is 0.773. The topological polar surface area (TPSA) is 81.7 Å². The SMILES string of the molecule is Cn1cc(-c2ccc3nc(N)nc(NC4CCCCC4)c3c2)cn1. The van der Waals surface area contributed by atoms with E-state index < -0.39 is 0 Å². The highest BCUT2D eigenvalue weighted by Crippen LogP contribution is 2.29. The number of nitrogens with zero attached hydrogens (tertiary/aromatic N) is 4. The van der Waals surface area contributed by atoms with E-state index in [4.69, 9.17) is 5.73 Å². The number of hydrogen-bond acceptors (Lipinski definition) is 5. The lowest BCUT2D eigenvalue weighted by atomic mass is 9.95. The van der Waals surface area contributed by atoms with E-state index in [-0.39, 0.29) is 0 Å². The number of anilines is 2. The van der Waals surface area contributed by atoms with Crippen LogP contribution in [0.2, 0.25) is 0 Å². The molecular formula is C18H22N6. The minimum absolute atomic E-state index is 0.315. The fraction of sp³-hybridized carbons (Fsp3) is 0.389. The van der Waals surface area contributed by atoms with Crippen molar-refractivity contribution in [2.24, 2.45) is 7.05 Å². The van der Waals surface area contributed by atoms with Crippen LogP contribution in [0.5, 0.6) is 0 Å². The fourth-order valence-corrected chi connectivity index (χ4v) is 3.45. The second kappa shape index (κ2) is 6.11. The molecule has 24 heavy (non-hydrogen) atoms. The summed E-state index contributed by atoms with van der Waals surface area (Å²) < 4.78 is 1.81. The lowest BCUT2D eigenvalue weighted by Gasteiger charge is -2.24. The van der Waals surface area contributed by atoms with Gasteiger partial charge in [-0.1, -0.05) is 25.3 Å². The van der Waals surface area contributed by atoms with Gasteiger partial charge >= 0.3 is 0 Å². The highest BCUT2D eigenvalue weighted by molar-refractivity contribution is 5.93. The van der Waals surface area contributed by atoms with Crippen molar-refractivity contribution in [1.29, 1.82) is 0 Å². The third-order valence-electron chi connectivity index (χ3n) is 4.70. The van der Waals surface area contributed by atoms with Crippen molar-refractivity contribution in [2.75, 3.05) is 11.1 Å². The molecule has 6 nitrogen and oxygen atoms in total. The molecule has 0 unspecified atom stereocenters. The molecule has 1 saturated carbocycles. The van der Waals surface area contributed by atoms with E-state index in [9.17, 15) is 0 Å². The predicted octanol–water partition coefficient (Wildman–Crippen LogP) is 3.36. The molecule has 6 heteroatoms. The van der Waals surface area contributed by atoms with Crippen molar-refractivity contribution in [1.82, 2.24) is 19.7 Å². The van der Waals surface area contributed by atoms with Crippen molar-refractivity contribution in [3.8, 4) is 11.1 Å². The zero-order chi connectivity index (χ0) is 16.5. The summed E-state index contributed by atoms with van der Waals surface area (Å²) in [5.74, 6) is 1.16. The van der Waals surface area contributed by atoms with Gasteiger partial charge in [-0.15, -0.1) is 0 Å². The number of benzene rings is 1. The highest BCUT2D eigenvalue weighted by atomic mass is 15.2. The third kappa shape index (κ3) is 2.91. The van der Waals surface area contributed by atoms with Crippen LogP contribution in [0.15, 0.2) is 30.6 Å². The first kappa shape index (κ1) is 14.9. The van der Waals surface area contributed by atoms with Gasteiger partial charge in [0.25, 0.3) is 0 Å². The molecule has 0 aliphatic heterocycles. The van der Waals surface area contributed by atoms with Crippen molar-refractivity contribution >= 4 is 22.7 Å². The zero-order valence-corrected chi connectivity index (χ0v) is 13.9. The average molecular weight is 322 g/mol. The number of hydrogen-bond donors (Lipinski definition) is 2. The standard InChI is InChI=1S/C18H22N6/c1-24-11-13(10-20-24)12-7-8-16-15(9-12)17(23-18(19)22-16)21-14-5-3-2-4-6-14/h7-11,14H,2-6H2,1H3,(H3,19,21,22,23). The molecule has 2 heterocycles. The number of aryl methyl sites for hydroxylation is 1. The minimum atomic E-state index is 0.315. The summed E-state index contributed by atoms with van der Waals surface area (Å²) in [5, 5.41) is 8.86. The van der Waals surface area contributed by atoms with Gasteiger partial charge in [0.15, 0.2) is 0 Å². The summed E-state index contributed by atoms with van der Waals surface area (Å²) in [5.41, 5.74) is 8.97. The Hall–Kier alpha value is -2.63. The van der Waals surface area contributed by atoms with Crippen LogP contribution in [-0.2, 0) is 7.05 Å². The molecule has 0 spiro atoms. The summed E-state index contributed by atoms with van der Waals surface area (Å²) in [6, 6.07) is 6.65. The first-order valence-electron chi connectivity index (χ1n) is 8.52. The number of nitrogens with one attached hydrogen (secondary N) is 1. The van der Waals surface area contributed by atoms with E-state index in [1.165, 1.54) is 32.1 Å². The summed E-state index contributed by atoms with van der Waals surface area (Å²) in [6.45, 7) is 0. The van der Waals surface area contributed by atoms with Gasteiger partial charge in [-0.25, -0.2) is 4.98 Å². The molecular weight excluding hydrogens is 300 g/mol. The molecule has 1 aliphatic carbocycles. The van der Waals surface area contributed by atoms with E-state index in [0.29, 0.717) is 12.0 Å². The number of nitrogens with two attached hydrogens (primary N) is 1. The largest absolute Gasteiger partial charge is 0.368 e. The number of aromatic nitrogens is 4. The Morgan fingerprint density at radius 3 is 2.71 bits per heavy atom. The molecule has 1 aliphatic rings. The zero-order valence-electron chi connectivity index (χ0n) is 13.9.